The molecule has 1 aromatic carbocycles. The van der Waals surface area contributed by atoms with Gasteiger partial charge in [0, 0.05) is 17.3 Å². The van der Waals surface area contributed by atoms with Gasteiger partial charge in [-0.3, -0.25) is 14.7 Å². The number of amides is 1. The molecular formula is C17H16BrN5O2. The van der Waals surface area contributed by atoms with Crippen molar-refractivity contribution >= 4 is 27.5 Å². The average Bonchev–Trinajstić information content (AvgIpc) is 2.97. The summed E-state index contributed by atoms with van der Waals surface area (Å²) in [6.45, 7) is 4.03. The first kappa shape index (κ1) is 17.1. The minimum Gasteiger partial charge on any atom is -0.321 e. The lowest BCUT2D eigenvalue weighted by molar-refractivity contribution is 0.102. The topological polar surface area (TPSA) is 104 Å². The van der Waals surface area contributed by atoms with Crippen molar-refractivity contribution in [1.82, 2.24) is 20.4 Å². The number of nitrogens with zero attached hydrogens (tertiary/aromatic N) is 2. The summed E-state index contributed by atoms with van der Waals surface area (Å²) in [4.78, 5) is 23.6. The predicted molar refractivity (Wildman–Crippen MR) is 98.6 cm³/mol. The van der Waals surface area contributed by atoms with Crippen LogP contribution in [0, 0.1) is 0 Å². The number of halogens is 1. The average molecular weight is 402 g/mol. The van der Waals surface area contributed by atoms with Crippen molar-refractivity contribution in [3.05, 3.63) is 62.6 Å². The van der Waals surface area contributed by atoms with Crippen LogP contribution in [0.3, 0.4) is 0 Å². The largest absolute Gasteiger partial charge is 0.321 e. The van der Waals surface area contributed by atoms with Crippen LogP contribution < -0.4 is 10.9 Å². The third-order valence-electron chi connectivity index (χ3n) is 3.62. The standard InChI is InChI=1S/C17H16BrN5O2/c1-9(2)15-14(18)16(23-22-15)17(25)19-11-5-3-4-10(8-11)12-6-7-13(24)21-20-12/h3-9H,1-2H3,(H,19,25)(H,21,24)(H,22,23). The predicted octanol–water partition coefficient (Wildman–Crippen LogP) is 3.30. The fourth-order valence-electron chi connectivity index (χ4n) is 2.33. The second-order valence-corrected chi connectivity index (χ2v) is 6.59. The second-order valence-electron chi connectivity index (χ2n) is 5.80. The van der Waals surface area contributed by atoms with Crippen LogP contribution >= 0.6 is 15.9 Å². The molecule has 1 amide bonds. The lowest BCUT2D eigenvalue weighted by Crippen LogP contribution is -2.13. The fourth-order valence-corrected chi connectivity index (χ4v) is 3.14. The Morgan fingerprint density at radius 2 is 1.96 bits per heavy atom. The van der Waals surface area contributed by atoms with E-state index in [-0.39, 0.29) is 17.4 Å². The van der Waals surface area contributed by atoms with Gasteiger partial charge in [-0.2, -0.15) is 10.2 Å². The van der Waals surface area contributed by atoms with Crippen LogP contribution in [0.5, 0.6) is 0 Å². The number of hydrogen-bond acceptors (Lipinski definition) is 4. The van der Waals surface area contributed by atoms with Crippen molar-refractivity contribution in [3.63, 3.8) is 0 Å². The summed E-state index contributed by atoms with van der Waals surface area (Å²) < 4.78 is 0.665. The van der Waals surface area contributed by atoms with Gasteiger partial charge in [-0.25, -0.2) is 5.10 Å². The highest BCUT2D eigenvalue weighted by Gasteiger charge is 2.19. The SMILES string of the molecule is CC(C)c1[nH]nc(C(=O)Nc2cccc(-c3ccc(=O)[nH]n3)c2)c1Br. The lowest BCUT2D eigenvalue weighted by Gasteiger charge is -2.06. The summed E-state index contributed by atoms with van der Waals surface area (Å²) in [6, 6.07) is 10.2. The molecule has 2 aromatic heterocycles. The molecule has 8 heteroatoms. The number of nitrogens with one attached hydrogen (secondary N) is 3. The van der Waals surface area contributed by atoms with Crippen LogP contribution in [0.2, 0.25) is 0 Å². The Bertz CT molecular complexity index is 957. The molecule has 0 aliphatic heterocycles. The molecule has 0 unspecified atom stereocenters. The first-order valence-corrected chi connectivity index (χ1v) is 8.46. The Morgan fingerprint density at radius 3 is 2.60 bits per heavy atom. The second kappa shape index (κ2) is 7.02. The van der Waals surface area contributed by atoms with Gasteiger partial charge in [0.05, 0.1) is 15.9 Å². The molecule has 0 atom stereocenters. The molecule has 0 aliphatic carbocycles. The number of benzene rings is 1. The molecule has 3 aromatic rings. The number of rotatable bonds is 4. The molecule has 3 N–H and O–H groups in total. The Hall–Kier alpha value is -2.74. The van der Waals surface area contributed by atoms with Crippen LogP contribution in [0.25, 0.3) is 11.3 Å². The number of aromatic amines is 2. The Kier molecular flexibility index (Phi) is 4.80. The zero-order chi connectivity index (χ0) is 18.0. The number of aromatic nitrogens is 4. The Morgan fingerprint density at radius 1 is 1.16 bits per heavy atom. The van der Waals surface area contributed by atoms with Crippen LogP contribution in [0.1, 0.15) is 35.9 Å². The van der Waals surface area contributed by atoms with Gasteiger partial charge in [0.1, 0.15) is 0 Å². The van der Waals surface area contributed by atoms with E-state index in [0.29, 0.717) is 21.5 Å². The summed E-state index contributed by atoms with van der Waals surface area (Å²) in [5.41, 5.74) is 2.90. The van der Waals surface area contributed by atoms with Crippen LogP contribution in [0.15, 0.2) is 45.7 Å². The first-order chi connectivity index (χ1) is 12.0. The normalized spacial score (nSPS) is 10.9. The number of H-pyrrole nitrogens is 2. The van der Waals surface area contributed by atoms with E-state index in [1.165, 1.54) is 6.07 Å². The van der Waals surface area contributed by atoms with Crippen molar-refractivity contribution < 1.29 is 4.79 Å². The quantitative estimate of drug-likeness (QED) is 0.623. The maximum Gasteiger partial charge on any atom is 0.277 e. The van der Waals surface area contributed by atoms with Crippen molar-refractivity contribution in [2.75, 3.05) is 5.32 Å². The summed E-state index contributed by atoms with van der Waals surface area (Å²) in [5.74, 6) is -0.0975. The highest BCUT2D eigenvalue weighted by atomic mass is 79.9. The summed E-state index contributed by atoms with van der Waals surface area (Å²) in [7, 11) is 0. The molecule has 0 spiro atoms. The van der Waals surface area contributed by atoms with Crippen molar-refractivity contribution in [1.29, 1.82) is 0 Å². The third-order valence-corrected chi connectivity index (χ3v) is 4.42. The van der Waals surface area contributed by atoms with Crippen molar-refractivity contribution in [3.8, 4) is 11.3 Å². The number of carbonyl (C=O) groups is 1. The van der Waals surface area contributed by atoms with Gasteiger partial charge in [0.2, 0.25) is 0 Å². The van der Waals surface area contributed by atoms with E-state index in [1.807, 2.05) is 19.9 Å². The maximum atomic E-state index is 12.5. The maximum absolute atomic E-state index is 12.5. The molecule has 3 rings (SSSR count). The molecule has 0 saturated carbocycles. The van der Waals surface area contributed by atoms with E-state index in [1.54, 1.807) is 24.3 Å². The van der Waals surface area contributed by atoms with Gasteiger partial charge in [0.15, 0.2) is 5.69 Å². The van der Waals surface area contributed by atoms with E-state index in [4.69, 9.17) is 0 Å². The first-order valence-electron chi connectivity index (χ1n) is 7.67. The number of carbonyl (C=O) groups excluding carboxylic acids is 1. The van der Waals surface area contributed by atoms with E-state index in [9.17, 15) is 9.59 Å². The summed E-state index contributed by atoms with van der Waals surface area (Å²) >= 11 is 3.43. The highest BCUT2D eigenvalue weighted by molar-refractivity contribution is 9.10. The van der Waals surface area contributed by atoms with Crippen molar-refractivity contribution in [2.45, 2.75) is 19.8 Å². The van der Waals surface area contributed by atoms with Gasteiger partial charge in [-0.1, -0.05) is 26.0 Å². The molecule has 7 nitrogen and oxygen atoms in total. The summed E-state index contributed by atoms with van der Waals surface area (Å²) in [5, 5.41) is 16.2. The lowest BCUT2D eigenvalue weighted by atomic mass is 10.1. The Labute approximate surface area is 152 Å². The molecule has 0 saturated heterocycles. The highest BCUT2D eigenvalue weighted by Crippen LogP contribution is 2.26. The van der Waals surface area contributed by atoms with E-state index < -0.39 is 0 Å². The van der Waals surface area contributed by atoms with Gasteiger partial charge in [-0.05, 0) is 40.0 Å². The third kappa shape index (κ3) is 3.69. The number of hydrogen-bond donors (Lipinski definition) is 3. The zero-order valence-electron chi connectivity index (χ0n) is 13.6. The minimum atomic E-state index is -0.318. The molecular weight excluding hydrogens is 386 g/mol. The Balaban J connectivity index is 1.84. The van der Waals surface area contributed by atoms with Gasteiger partial charge in [0.25, 0.3) is 11.5 Å². The smallest absolute Gasteiger partial charge is 0.277 e. The number of anilines is 1. The van der Waals surface area contributed by atoms with E-state index in [0.717, 1.165) is 11.3 Å². The monoisotopic (exact) mass is 401 g/mol. The van der Waals surface area contributed by atoms with E-state index in [2.05, 4.69) is 41.6 Å². The molecule has 0 aliphatic rings. The molecule has 128 valence electrons. The van der Waals surface area contributed by atoms with Gasteiger partial charge >= 0.3 is 0 Å². The molecule has 25 heavy (non-hydrogen) atoms. The molecule has 0 radical (unpaired) electrons. The molecule has 0 fully saturated rings. The van der Waals surface area contributed by atoms with Crippen LogP contribution in [-0.4, -0.2) is 26.3 Å². The van der Waals surface area contributed by atoms with Crippen LogP contribution in [0.4, 0.5) is 5.69 Å². The molecule has 2 heterocycles. The van der Waals surface area contributed by atoms with Gasteiger partial charge < -0.3 is 5.32 Å². The zero-order valence-corrected chi connectivity index (χ0v) is 15.2. The minimum absolute atomic E-state index is 0.220. The summed E-state index contributed by atoms with van der Waals surface area (Å²) in [6.07, 6.45) is 0. The van der Waals surface area contributed by atoms with Gasteiger partial charge in [-0.15, -0.1) is 0 Å². The van der Waals surface area contributed by atoms with Crippen molar-refractivity contribution in [2.24, 2.45) is 0 Å². The molecule has 0 bridgehead atoms. The van der Waals surface area contributed by atoms with Crippen LogP contribution in [-0.2, 0) is 0 Å². The fraction of sp³-hybridized carbons (Fsp3) is 0.176. The van der Waals surface area contributed by atoms with E-state index >= 15 is 0 Å².